The van der Waals surface area contributed by atoms with Gasteiger partial charge in [-0.2, -0.15) is 11.8 Å². The predicted octanol–water partition coefficient (Wildman–Crippen LogP) is 0.915. The Balaban J connectivity index is 1.90. The molecule has 2 fully saturated rings. The quantitative estimate of drug-likeness (QED) is 0.695. The maximum absolute atomic E-state index is 5.76. The number of nitrogens with two attached hydrogens (primary N) is 1. The summed E-state index contributed by atoms with van der Waals surface area (Å²) in [7, 11) is 0. The van der Waals surface area contributed by atoms with Crippen LogP contribution in [-0.2, 0) is 0 Å². The van der Waals surface area contributed by atoms with Crippen molar-refractivity contribution in [3.63, 3.8) is 0 Å². The normalized spacial score (nSPS) is 33.2. The van der Waals surface area contributed by atoms with Crippen LogP contribution in [0.5, 0.6) is 0 Å². The third-order valence-corrected chi connectivity index (χ3v) is 4.18. The molecule has 1 saturated heterocycles. The largest absolute Gasteiger partial charge is 0.329 e. The van der Waals surface area contributed by atoms with Crippen LogP contribution in [0, 0.1) is 0 Å². The lowest BCUT2D eigenvalue weighted by atomic mass is 9.90. The van der Waals surface area contributed by atoms with E-state index in [4.69, 9.17) is 5.73 Å². The van der Waals surface area contributed by atoms with Crippen LogP contribution in [-0.4, -0.2) is 41.6 Å². The van der Waals surface area contributed by atoms with Gasteiger partial charge in [-0.15, -0.1) is 0 Å². The molecule has 70 valence electrons. The summed E-state index contributed by atoms with van der Waals surface area (Å²) in [4.78, 5) is 2.65. The molecule has 12 heavy (non-hydrogen) atoms. The van der Waals surface area contributed by atoms with E-state index >= 15 is 0 Å². The van der Waals surface area contributed by atoms with Gasteiger partial charge >= 0.3 is 0 Å². The molecule has 1 aliphatic heterocycles. The maximum atomic E-state index is 5.76. The lowest BCUT2D eigenvalue weighted by Gasteiger charge is -2.44. The van der Waals surface area contributed by atoms with Gasteiger partial charge in [0.15, 0.2) is 0 Å². The summed E-state index contributed by atoms with van der Waals surface area (Å²) in [5, 5.41) is 0. The molecule has 1 heterocycles. The lowest BCUT2D eigenvalue weighted by molar-refractivity contribution is 0.0961. The van der Waals surface area contributed by atoms with E-state index in [2.05, 4.69) is 16.7 Å². The SMILES string of the molecule is NCC1CSCCN1C1CCC1. The molecular weight excluding hydrogens is 168 g/mol. The number of rotatable bonds is 2. The highest BCUT2D eigenvalue weighted by molar-refractivity contribution is 7.99. The van der Waals surface area contributed by atoms with E-state index in [1.165, 1.54) is 37.3 Å². The van der Waals surface area contributed by atoms with Crippen molar-refractivity contribution in [3.05, 3.63) is 0 Å². The second kappa shape index (κ2) is 3.99. The smallest absolute Gasteiger partial charge is 0.0312 e. The van der Waals surface area contributed by atoms with Crippen LogP contribution in [0.15, 0.2) is 0 Å². The Morgan fingerprint density at radius 2 is 2.25 bits per heavy atom. The highest BCUT2D eigenvalue weighted by Crippen LogP contribution is 2.29. The van der Waals surface area contributed by atoms with Crippen LogP contribution < -0.4 is 5.73 Å². The van der Waals surface area contributed by atoms with Crippen molar-refractivity contribution in [2.75, 3.05) is 24.6 Å². The first-order valence-corrected chi connectivity index (χ1v) is 6.11. The van der Waals surface area contributed by atoms with Crippen molar-refractivity contribution in [2.45, 2.75) is 31.3 Å². The maximum Gasteiger partial charge on any atom is 0.0312 e. The van der Waals surface area contributed by atoms with Crippen LogP contribution in [0.3, 0.4) is 0 Å². The van der Waals surface area contributed by atoms with Crippen molar-refractivity contribution < 1.29 is 0 Å². The minimum Gasteiger partial charge on any atom is -0.329 e. The zero-order valence-corrected chi connectivity index (χ0v) is 8.35. The molecule has 1 unspecified atom stereocenters. The van der Waals surface area contributed by atoms with Crippen LogP contribution in [0.1, 0.15) is 19.3 Å². The Bertz CT molecular complexity index is 147. The zero-order valence-electron chi connectivity index (χ0n) is 7.54. The fourth-order valence-corrected chi connectivity index (χ4v) is 3.18. The van der Waals surface area contributed by atoms with Crippen molar-refractivity contribution in [1.82, 2.24) is 4.90 Å². The number of hydrogen-bond acceptors (Lipinski definition) is 3. The van der Waals surface area contributed by atoms with Crippen molar-refractivity contribution in [3.8, 4) is 0 Å². The molecule has 0 amide bonds. The topological polar surface area (TPSA) is 29.3 Å². The van der Waals surface area contributed by atoms with Gasteiger partial charge in [-0.3, -0.25) is 4.90 Å². The Morgan fingerprint density at radius 1 is 1.42 bits per heavy atom. The third-order valence-electron chi connectivity index (χ3n) is 3.09. The fraction of sp³-hybridized carbons (Fsp3) is 1.00. The molecule has 2 N–H and O–H groups in total. The first-order chi connectivity index (χ1) is 5.92. The van der Waals surface area contributed by atoms with Gasteiger partial charge in [-0.05, 0) is 12.8 Å². The van der Waals surface area contributed by atoms with Gasteiger partial charge in [0.1, 0.15) is 0 Å². The summed E-state index contributed by atoms with van der Waals surface area (Å²) < 4.78 is 0. The highest BCUT2D eigenvalue weighted by Gasteiger charge is 2.31. The monoisotopic (exact) mass is 186 g/mol. The van der Waals surface area contributed by atoms with Crippen molar-refractivity contribution in [2.24, 2.45) is 5.73 Å². The summed E-state index contributed by atoms with van der Waals surface area (Å²) in [5.41, 5.74) is 5.76. The van der Waals surface area contributed by atoms with Crippen LogP contribution >= 0.6 is 11.8 Å². The fourth-order valence-electron chi connectivity index (χ4n) is 2.07. The lowest BCUT2D eigenvalue weighted by Crippen LogP contribution is -2.53. The Morgan fingerprint density at radius 3 is 2.83 bits per heavy atom. The molecule has 1 atom stereocenters. The third kappa shape index (κ3) is 1.63. The molecule has 1 saturated carbocycles. The van der Waals surface area contributed by atoms with E-state index in [0.717, 1.165) is 12.6 Å². The molecular formula is C9H18N2S. The Kier molecular flexibility index (Phi) is 2.94. The number of hydrogen-bond donors (Lipinski definition) is 1. The van der Waals surface area contributed by atoms with Gasteiger partial charge in [-0.25, -0.2) is 0 Å². The number of thioether (sulfide) groups is 1. The van der Waals surface area contributed by atoms with E-state index in [0.29, 0.717) is 6.04 Å². The molecule has 0 bridgehead atoms. The molecule has 3 heteroatoms. The van der Waals surface area contributed by atoms with Crippen molar-refractivity contribution >= 4 is 11.8 Å². The van der Waals surface area contributed by atoms with E-state index in [1.54, 1.807) is 0 Å². The minimum atomic E-state index is 0.675. The summed E-state index contributed by atoms with van der Waals surface area (Å²) in [6.45, 7) is 2.13. The first kappa shape index (κ1) is 8.85. The molecule has 0 radical (unpaired) electrons. The molecule has 0 spiro atoms. The standard InChI is InChI=1S/C9H18N2S/c10-6-9-7-12-5-4-11(9)8-2-1-3-8/h8-9H,1-7,10H2. The van der Waals surface area contributed by atoms with E-state index in [-0.39, 0.29) is 0 Å². The number of nitrogens with zero attached hydrogens (tertiary/aromatic N) is 1. The second-order valence-electron chi connectivity index (χ2n) is 3.79. The Hall–Kier alpha value is 0.270. The Labute approximate surface area is 78.9 Å². The predicted molar refractivity (Wildman–Crippen MR) is 54.5 cm³/mol. The molecule has 2 rings (SSSR count). The molecule has 2 aliphatic rings. The summed E-state index contributed by atoms with van der Waals surface area (Å²) in [6, 6.07) is 1.56. The van der Waals surface area contributed by atoms with Gasteiger partial charge in [0.25, 0.3) is 0 Å². The summed E-state index contributed by atoms with van der Waals surface area (Å²) >= 11 is 2.06. The van der Waals surface area contributed by atoms with Crippen LogP contribution in [0.25, 0.3) is 0 Å². The molecule has 1 aliphatic carbocycles. The van der Waals surface area contributed by atoms with E-state index in [9.17, 15) is 0 Å². The average molecular weight is 186 g/mol. The van der Waals surface area contributed by atoms with Crippen molar-refractivity contribution in [1.29, 1.82) is 0 Å². The zero-order chi connectivity index (χ0) is 8.39. The molecule has 0 aromatic heterocycles. The van der Waals surface area contributed by atoms with Gasteiger partial charge in [0.05, 0.1) is 0 Å². The highest BCUT2D eigenvalue weighted by atomic mass is 32.2. The average Bonchev–Trinajstić information content (AvgIpc) is 2.02. The molecule has 2 nitrogen and oxygen atoms in total. The van der Waals surface area contributed by atoms with Crippen LogP contribution in [0.4, 0.5) is 0 Å². The molecule has 0 aromatic carbocycles. The van der Waals surface area contributed by atoms with Gasteiger partial charge in [-0.1, -0.05) is 6.42 Å². The first-order valence-electron chi connectivity index (χ1n) is 4.95. The van der Waals surface area contributed by atoms with Gasteiger partial charge in [0, 0.05) is 36.7 Å². The summed E-state index contributed by atoms with van der Waals surface area (Å²) in [6.07, 6.45) is 4.27. The van der Waals surface area contributed by atoms with Crippen LogP contribution in [0.2, 0.25) is 0 Å². The second-order valence-corrected chi connectivity index (χ2v) is 4.94. The van der Waals surface area contributed by atoms with Gasteiger partial charge in [0.2, 0.25) is 0 Å². The van der Waals surface area contributed by atoms with E-state index < -0.39 is 0 Å². The summed E-state index contributed by atoms with van der Waals surface area (Å²) in [5.74, 6) is 2.57. The van der Waals surface area contributed by atoms with Gasteiger partial charge < -0.3 is 5.73 Å². The van der Waals surface area contributed by atoms with E-state index in [1.807, 2.05) is 0 Å². The molecule has 0 aromatic rings. The minimum absolute atomic E-state index is 0.675.